The molecule has 0 aromatic heterocycles. The van der Waals surface area contributed by atoms with Gasteiger partial charge in [0.15, 0.2) is 5.79 Å². The minimum absolute atomic E-state index is 0.261. The Morgan fingerprint density at radius 3 is 2.71 bits per heavy atom. The van der Waals surface area contributed by atoms with Gasteiger partial charge in [0.1, 0.15) is 0 Å². The summed E-state index contributed by atoms with van der Waals surface area (Å²) in [5.74, 6) is 0.655. The minimum Gasteiger partial charge on any atom is -0.385 e. The second-order valence-electron chi connectivity index (χ2n) is 7.42. The van der Waals surface area contributed by atoms with Crippen LogP contribution in [-0.4, -0.2) is 29.7 Å². The highest BCUT2D eigenvalue weighted by Gasteiger charge is 2.53. The molecule has 2 saturated carbocycles. The average molecular weight is 290 g/mol. The number of fused-ring (bicyclic) bond motifs is 2. The second kappa shape index (κ2) is 4.68. The summed E-state index contributed by atoms with van der Waals surface area (Å²) in [6, 6.07) is 0. The van der Waals surface area contributed by atoms with Crippen molar-refractivity contribution in [2.75, 3.05) is 13.2 Å². The van der Waals surface area contributed by atoms with Gasteiger partial charge in [0.05, 0.1) is 18.8 Å². The van der Waals surface area contributed by atoms with Crippen LogP contribution in [0.3, 0.4) is 0 Å². The van der Waals surface area contributed by atoms with E-state index in [1.165, 1.54) is 5.57 Å². The largest absolute Gasteiger partial charge is 0.385 e. The maximum Gasteiger partial charge on any atom is 0.169 e. The highest BCUT2D eigenvalue weighted by atomic mass is 16.7. The molecule has 0 bridgehead atoms. The van der Waals surface area contributed by atoms with Gasteiger partial charge in [-0.3, -0.25) is 0 Å². The summed E-state index contributed by atoms with van der Waals surface area (Å²) in [4.78, 5) is 0. The Balaban J connectivity index is 1.70. The molecule has 3 fully saturated rings. The lowest BCUT2D eigenvalue weighted by molar-refractivity contribution is -0.190. The Kier molecular flexibility index (Phi) is 3.11. The minimum atomic E-state index is -0.697. The summed E-state index contributed by atoms with van der Waals surface area (Å²) < 4.78 is 11.9. The SMILES string of the molecule is C=C1[C@@H]2CC3(CC[C@H]2C(C)=C[C@H]2CCC[C@]12O)OCCO3. The predicted molar refractivity (Wildman–Crippen MR) is 80.7 cm³/mol. The zero-order valence-electron chi connectivity index (χ0n) is 12.9. The molecule has 116 valence electrons. The van der Waals surface area contributed by atoms with Crippen LogP contribution >= 0.6 is 0 Å². The fraction of sp³-hybridized carbons (Fsp3) is 0.778. The summed E-state index contributed by atoms with van der Waals surface area (Å²) >= 11 is 0. The lowest BCUT2D eigenvalue weighted by Crippen LogP contribution is -2.44. The van der Waals surface area contributed by atoms with Crippen LogP contribution in [0.1, 0.15) is 45.4 Å². The Morgan fingerprint density at radius 2 is 1.95 bits per heavy atom. The number of aliphatic hydroxyl groups is 1. The first-order valence-corrected chi connectivity index (χ1v) is 8.42. The van der Waals surface area contributed by atoms with E-state index in [-0.39, 0.29) is 5.92 Å². The maximum atomic E-state index is 11.2. The molecule has 0 radical (unpaired) electrons. The summed E-state index contributed by atoms with van der Waals surface area (Å²) in [5, 5.41) is 11.2. The summed E-state index contributed by atoms with van der Waals surface area (Å²) in [5.41, 5.74) is 1.79. The van der Waals surface area contributed by atoms with Crippen LogP contribution in [0.5, 0.6) is 0 Å². The third-order valence-electron chi connectivity index (χ3n) is 6.41. The topological polar surface area (TPSA) is 38.7 Å². The highest BCUT2D eigenvalue weighted by Crippen LogP contribution is 2.55. The van der Waals surface area contributed by atoms with Gasteiger partial charge in [0, 0.05) is 18.8 Å². The molecule has 1 N–H and O–H groups in total. The number of rotatable bonds is 0. The molecule has 1 aliphatic heterocycles. The first-order chi connectivity index (χ1) is 10.0. The van der Waals surface area contributed by atoms with Crippen LogP contribution in [0.2, 0.25) is 0 Å². The molecule has 4 aliphatic rings. The van der Waals surface area contributed by atoms with Crippen molar-refractivity contribution in [3.63, 3.8) is 0 Å². The Bertz CT molecular complexity index is 489. The van der Waals surface area contributed by atoms with Crippen molar-refractivity contribution in [1.82, 2.24) is 0 Å². The zero-order chi connectivity index (χ0) is 14.7. The molecule has 3 heteroatoms. The van der Waals surface area contributed by atoms with Crippen molar-refractivity contribution in [1.29, 1.82) is 0 Å². The number of hydrogen-bond donors (Lipinski definition) is 1. The van der Waals surface area contributed by atoms with Gasteiger partial charge in [-0.05, 0) is 50.0 Å². The predicted octanol–water partition coefficient (Wildman–Crippen LogP) is 3.19. The van der Waals surface area contributed by atoms with Crippen LogP contribution in [0.15, 0.2) is 23.8 Å². The van der Waals surface area contributed by atoms with E-state index >= 15 is 0 Å². The van der Waals surface area contributed by atoms with Gasteiger partial charge in [0.2, 0.25) is 0 Å². The average Bonchev–Trinajstić information content (AvgIpc) is 3.05. The third-order valence-corrected chi connectivity index (χ3v) is 6.41. The van der Waals surface area contributed by atoms with Crippen molar-refractivity contribution in [3.8, 4) is 0 Å². The highest BCUT2D eigenvalue weighted by molar-refractivity contribution is 5.32. The molecule has 3 nitrogen and oxygen atoms in total. The van der Waals surface area contributed by atoms with Crippen LogP contribution in [-0.2, 0) is 9.47 Å². The van der Waals surface area contributed by atoms with Gasteiger partial charge in [-0.15, -0.1) is 0 Å². The lowest BCUT2D eigenvalue weighted by Gasteiger charge is -2.44. The standard InChI is InChI=1S/C18H26O3/c1-12-10-14-4-3-6-18(14,19)13(2)16-11-17(7-5-15(12)16)20-8-9-21-17/h10,14-16,19H,2-9,11H2,1H3/t14-,15+,16+,18+/m1/s1. The summed E-state index contributed by atoms with van der Waals surface area (Å²) in [6.07, 6.45) is 8.29. The van der Waals surface area contributed by atoms with E-state index in [0.717, 1.165) is 44.1 Å². The van der Waals surface area contributed by atoms with E-state index in [0.29, 0.717) is 25.0 Å². The van der Waals surface area contributed by atoms with Gasteiger partial charge in [0.25, 0.3) is 0 Å². The van der Waals surface area contributed by atoms with Crippen molar-refractivity contribution >= 4 is 0 Å². The molecule has 0 aromatic rings. The molecule has 0 unspecified atom stereocenters. The molecule has 1 heterocycles. The van der Waals surface area contributed by atoms with Gasteiger partial charge in [-0.1, -0.05) is 18.2 Å². The van der Waals surface area contributed by atoms with E-state index in [1.807, 2.05) is 0 Å². The molecular formula is C18H26O3. The summed E-state index contributed by atoms with van der Waals surface area (Å²) in [7, 11) is 0. The lowest BCUT2D eigenvalue weighted by atomic mass is 9.68. The van der Waals surface area contributed by atoms with E-state index in [9.17, 15) is 5.11 Å². The fourth-order valence-corrected chi connectivity index (χ4v) is 5.22. The van der Waals surface area contributed by atoms with E-state index in [4.69, 9.17) is 9.47 Å². The summed E-state index contributed by atoms with van der Waals surface area (Å²) in [6.45, 7) is 8.01. The molecular weight excluding hydrogens is 264 g/mol. The fourth-order valence-electron chi connectivity index (χ4n) is 5.22. The first kappa shape index (κ1) is 14.0. The molecule has 4 rings (SSSR count). The normalized spacial score (nSPS) is 45.1. The van der Waals surface area contributed by atoms with Gasteiger partial charge < -0.3 is 14.6 Å². The van der Waals surface area contributed by atoms with Gasteiger partial charge in [-0.2, -0.15) is 0 Å². The molecule has 21 heavy (non-hydrogen) atoms. The van der Waals surface area contributed by atoms with Gasteiger partial charge >= 0.3 is 0 Å². The van der Waals surface area contributed by atoms with Crippen LogP contribution in [0.4, 0.5) is 0 Å². The quantitative estimate of drug-likeness (QED) is 0.696. The third kappa shape index (κ3) is 1.97. The number of ether oxygens (including phenoxy) is 2. The maximum absolute atomic E-state index is 11.2. The van der Waals surface area contributed by atoms with Crippen LogP contribution in [0, 0.1) is 17.8 Å². The molecule has 1 saturated heterocycles. The first-order valence-electron chi connectivity index (χ1n) is 8.42. The zero-order valence-corrected chi connectivity index (χ0v) is 12.9. The molecule has 0 aromatic carbocycles. The van der Waals surface area contributed by atoms with Crippen molar-refractivity contribution < 1.29 is 14.6 Å². The second-order valence-corrected chi connectivity index (χ2v) is 7.42. The Hall–Kier alpha value is -0.640. The monoisotopic (exact) mass is 290 g/mol. The smallest absolute Gasteiger partial charge is 0.169 e. The van der Waals surface area contributed by atoms with E-state index in [1.54, 1.807) is 0 Å². The van der Waals surface area contributed by atoms with Crippen LogP contribution < -0.4 is 0 Å². The molecule has 3 aliphatic carbocycles. The Morgan fingerprint density at radius 1 is 1.19 bits per heavy atom. The van der Waals surface area contributed by atoms with Crippen LogP contribution in [0.25, 0.3) is 0 Å². The Labute approximate surface area is 127 Å². The van der Waals surface area contributed by atoms with E-state index in [2.05, 4.69) is 19.6 Å². The van der Waals surface area contributed by atoms with Crippen molar-refractivity contribution in [3.05, 3.63) is 23.8 Å². The van der Waals surface area contributed by atoms with Crippen molar-refractivity contribution in [2.45, 2.75) is 56.8 Å². The van der Waals surface area contributed by atoms with Crippen molar-refractivity contribution in [2.24, 2.45) is 17.8 Å². The number of hydrogen-bond acceptors (Lipinski definition) is 3. The number of allylic oxidation sites excluding steroid dienone is 1. The van der Waals surface area contributed by atoms with Gasteiger partial charge in [-0.25, -0.2) is 0 Å². The molecule has 4 atom stereocenters. The molecule has 1 spiro atoms. The van der Waals surface area contributed by atoms with E-state index < -0.39 is 11.4 Å². The molecule has 0 amide bonds.